The van der Waals surface area contributed by atoms with E-state index in [1.807, 2.05) is 0 Å². The number of nitro benzene ring substituents is 1. The lowest BCUT2D eigenvalue weighted by molar-refractivity contribution is -0.384. The molecule has 1 fully saturated rings. The standard InChI is InChI=1S/C17H25N3O5/c1-12(2)16(19-6-8-25-9-7-19)11-18-15-5-4-13(20(22)23)10-14(15)17(21)24-3/h4-5,10,12,16,18H,6-9,11H2,1-3H3. The lowest BCUT2D eigenvalue weighted by Gasteiger charge is -2.37. The number of non-ortho nitro benzene ring substituents is 1. The van der Waals surface area contributed by atoms with Gasteiger partial charge in [0.25, 0.3) is 5.69 Å². The number of ether oxygens (including phenoxy) is 2. The molecule has 0 bridgehead atoms. The Kier molecular flexibility index (Phi) is 6.72. The van der Waals surface area contributed by atoms with E-state index in [4.69, 9.17) is 9.47 Å². The molecule has 25 heavy (non-hydrogen) atoms. The average molecular weight is 351 g/mol. The first-order chi connectivity index (χ1) is 11.9. The van der Waals surface area contributed by atoms with Gasteiger partial charge in [0.05, 0.1) is 30.8 Å². The van der Waals surface area contributed by atoms with Gasteiger partial charge in [-0.25, -0.2) is 4.79 Å². The van der Waals surface area contributed by atoms with Gasteiger partial charge < -0.3 is 14.8 Å². The first-order valence-electron chi connectivity index (χ1n) is 8.36. The lowest BCUT2D eigenvalue weighted by Crippen LogP contribution is -2.49. The number of carbonyl (C=O) groups excluding carboxylic acids is 1. The predicted molar refractivity (Wildman–Crippen MR) is 93.9 cm³/mol. The third kappa shape index (κ3) is 4.90. The smallest absolute Gasteiger partial charge is 0.340 e. The second-order valence-corrected chi connectivity index (χ2v) is 6.32. The Morgan fingerprint density at radius 1 is 1.40 bits per heavy atom. The van der Waals surface area contributed by atoms with Crippen LogP contribution in [-0.2, 0) is 9.47 Å². The van der Waals surface area contributed by atoms with Crippen LogP contribution < -0.4 is 5.32 Å². The zero-order valence-electron chi connectivity index (χ0n) is 14.9. The number of methoxy groups -OCH3 is 1. The van der Waals surface area contributed by atoms with Crippen molar-refractivity contribution in [3.8, 4) is 0 Å². The van der Waals surface area contributed by atoms with Gasteiger partial charge in [0, 0.05) is 43.5 Å². The van der Waals surface area contributed by atoms with E-state index in [0.29, 0.717) is 31.4 Å². The zero-order valence-corrected chi connectivity index (χ0v) is 14.9. The normalized spacial score (nSPS) is 16.5. The van der Waals surface area contributed by atoms with Crippen molar-refractivity contribution in [1.29, 1.82) is 0 Å². The Balaban J connectivity index is 2.16. The first-order valence-corrected chi connectivity index (χ1v) is 8.36. The summed E-state index contributed by atoms with van der Waals surface area (Å²) in [7, 11) is 1.26. The van der Waals surface area contributed by atoms with Gasteiger partial charge >= 0.3 is 5.97 Å². The molecular weight excluding hydrogens is 326 g/mol. The van der Waals surface area contributed by atoms with Crippen molar-refractivity contribution in [3.63, 3.8) is 0 Å². The number of esters is 1. The molecule has 0 spiro atoms. The van der Waals surface area contributed by atoms with Crippen molar-refractivity contribution in [2.75, 3.05) is 45.3 Å². The largest absolute Gasteiger partial charge is 0.465 e. The van der Waals surface area contributed by atoms with Crippen LogP contribution in [0.4, 0.5) is 11.4 Å². The molecule has 1 heterocycles. The van der Waals surface area contributed by atoms with Crippen LogP contribution in [0.1, 0.15) is 24.2 Å². The maximum atomic E-state index is 12.0. The molecule has 1 unspecified atom stereocenters. The van der Waals surface area contributed by atoms with E-state index in [-0.39, 0.29) is 17.3 Å². The van der Waals surface area contributed by atoms with E-state index < -0.39 is 10.9 Å². The van der Waals surface area contributed by atoms with E-state index in [1.165, 1.54) is 19.2 Å². The topological polar surface area (TPSA) is 93.9 Å². The van der Waals surface area contributed by atoms with Crippen molar-refractivity contribution in [1.82, 2.24) is 4.90 Å². The summed E-state index contributed by atoms with van der Waals surface area (Å²) in [6, 6.07) is 4.45. The molecule has 1 aromatic carbocycles. The van der Waals surface area contributed by atoms with Crippen LogP contribution in [0.25, 0.3) is 0 Å². The fraction of sp³-hybridized carbons (Fsp3) is 0.588. The zero-order chi connectivity index (χ0) is 18.4. The summed E-state index contributed by atoms with van der Waals surface area (Å²) < 4.78 is 10.2. The Bertz CT molecular complexity index is 614. The highest BCUT2D eigenvalue weighted by Gasteiger charge is 2.25. The minimum Gasteiger partial charge on any atom is -0.465 e. The maximum absolute atomic E-state index is 12.0. The molecule has 0 radical (unpaired) electrons. The number of anilines is 1. The van der Waals surface area contributed by atoms with Crippen molar-refractivity contribution >= 4 is 17.3 Å². The summed E-state index contributed by atoms with van der Waals surface area (Å²) in [5.41, 5.74) is 0.567. The second kappa shape index (κ2) is 8.77. The van der Waals surface area contributed by atoms with Crippen molar-refractivity contribution in [2.24, 2.45) is 5.92 Å². The molecule has 1 aliphatic heterocycles. The van der Waals surface area contributed by atoms with Gasteiger partial charge in [-0.1, -0.05) is 13.8 Å². The highest BCUT2D eigenvalue weighted by atomic mass is 16.6. The van der Waals surface area contributed by atoms with E-state index in [2.05, 4.69) is 24.1 Å². The van der Waals surface area contributed by atoms with Crippen molar-refractivity contribution < 1.29 is 19.2 Å². The quantitative estimate of drug-likeness (QED) is 0.457. The summed E-state index contributed by atoms with van der Waals surface area (Å²) in [5.74, 6) is -0.191. The summed E-state index contributed by atoms with van der Waals surface area (Å²) in [4.78, 5) is 24.8. The van der Waals surface area contributed by atoms with Crippen LogP contribution >= 0.6 is 0 Å². The molecule has 0 saturated carbocycles. The summed E-state index contributed by atoms with van der Waals surface area (Å²) in [5, 5.41) is 14.2. The number of nitrogens with zero attached hydrogens (tertiary/aromatic N) is 2. The molecule has 0 amide bonds. The number of benzene rings is 1. The Morgan fingerprint density at radius 2 is 2.08 bits per heavy atom. The van der Waals surface area contributed by atoms with Crippen LogP contribution in [0.15, 0.2) is 18.2 Å². The molecule has 1 saturated heterocycles. The van der Waals surface area contributed by atoms with Gasteiger partial charge in [0.2, 0.25) is 0 Å². The maximum Gasteiger partial charge on any atom is 0.340 e. The number of carbonyl (C=O) groups is 1. The molecule has 1 aromatic rings. The summed E-state index contributed by atoms with van der Waals surface area (Å²) >= 11 is 0. The third-order valence-corrected chi connectivity index (χ3v) is 4.41. The predicted octanol–water partition coefficient (Wildman–Crippen LogP) is 2.15. The molecule has 8 heteroatoms. The molecule has 1 N–H and O–H groups in total. The minimum absolute atomic E-state index is 0.139. The van der Waals surface area contributed by atoms with Crippen LogP contribution in [0, 0.1) is 16.0 Å². The Hall–Kier alpha value is -2.19. The number of nitrogens with one attached hydrogen (secondary N) is 1. The number of hydrogen-bond acceptors (Lipinski definition) is 7. The molecular formula is C17H25N3O5. The summed E-state index contributed by atoms with van der Waals surface area (Å²) in [6.07, 6.45) is 0. The van der Waals surface area contributed by atoms with Gasteiger partial charge in [-0.2, -0.15) is 0 Å². The van der Waals surface area contributed by atoms with E-state index in [9.17, 15) is 14.9 Å². The van der Waals surface area contributed by atoms with Gasteiger partial charge in [-0.15, -0.1) is 0 Å². The molecule has 2 rings (SSSR count). The van der Waals surface area contributed by atoms with Gasteiger partial charge in [0.1, 0.15) is 0 Å². The molecule has 8 nitrogen and oxygen atoms in total. The fourth-order valence-electron chi connectivity index (χ4n) is 2.99. The van der Waals surface area contributed by atoms with Crippen molar-refractivity contribution in [2.45, 2.75) is 19.9 Å². The monoisotopic (exact) mass is 351 g/mol. The fourth-order valence-corrected chi connectivity index (χ4v) is 2.99. The van der Waals surface area contributed by atoms with Crippen molar-refractivity contribution in [3.05, 3.63) is 33.9 Å². The third-order valence-electron chi connectivity index (χ3n) is 4.41. The molecule has 1 aliphatic rings. The van der Waals surface area contributed by atoms with Gasteiger partial charge in [-0.05, 0) is 12.0 Å². The number of hydrogen-bond donors (Lipinski definition) is 1. The van der Waals surface area contributed by atoms with Crippen LogP contribution in [0.2, 0.25) is 0 Å². The van der Waals surface area contributed by atoms with Crippen LogP contribution in [-0.4, -0.2) is 61.8 Å². The molecule has 1 atom stereocenters. The Labute approximate surface area is 147 Å². The minimum atomic E-state index is -0.598. The van der Waals surface area contributed by atoms with E-state index in [0.717, 1.165) is 13.1 Å². The highest BCUT2D eigenvalue weighted by Crippen LogP contribution is 2.24. The molecule has 138 valence electrons. The number of nitro groups is 1. The van der Waals surface area contributed by atoms with Gasteiger partial charge in [-0.3, -0.25) is 15.0 Å². The molecule has 0 aliphatic carbocycles. The second-order valence-electron chi connectivity index (χ2n) is 6.32. The molecule has 0 aromatic heterocycles. The summed E-state index contributed by atoms with van der Waals surface area (Å²) in [6.45, 7) is 8.10. The van der Waals surface area contributed by atoms with Gasteiger partial charge in [0.15, 0.2) is 0 Å². The first kappa shape index (κ1) is 19.1. The number of morpholine rings is 1. The number of rotatable bonds is 7. The Morgan fingerprint density at radius 3 is 2.64 bits per heavy atom. The van der Waals surface area contributed by atoms with Crippen LogP contribution in [0.5, 0.6) is 0 Å². The van der Waals surface area contributed by atoms with E-state index in [1.54, 1.807) is 6.07 Å². The highest BCUT2D eigenvalue weighted by molar-refractivity contribution is 5.96. The van der Waals surface area contributed by atoms with Crippen LogP contribution in [0.3, 0.4) is 0 Å². The average Bonchev–Trinajstić information content (AvgIpc) is 2.61. The van der Waals surface area contributed by atoms with E-state index >= 15 is 0 Å². The SMILES string of the molecule is COC(=O)c1cc([N+](=O)[O-])ccc1NCC(C(C)C)N1CCOCC1. The lowest BCUT2D eigenvalue weighted by atomic mass is 10.0.